The van der Waals surface area contributed by atoms with Crippen LogP contribution < -0.4 is 10.6 Å². The quantitative estimate of drug-likeness (QED) is 0.654. The third-order valence-corrected chi connectivity index (χ3v) is 6.24. The molecule has 28 heavy (non-hydrogen) atoms. The van der Waals surface area contributed by atoms with Crippen LogP contribution in [0.2, 0.25) is 0 Å². The SMILES string of the molecule is CCN(CCC#N)c1ccc(N=Nc2sc3c(c2C(N)=O)CCCC3)c(C)c1. The summed E-state index contributed by atoms with van der Waals surface area (Å²) in [6.45, 7) is 5.61. The number of aryl methyl sites for hydroxylation is 2. The van der Waals surface area contributed by atoms with Crippen molar-refractivity contribution in [2.24, 2.45) is 16.0 Å². The number of amides is 1. The molecular weight excluding hydrogens is 370 g/mol. The second-order valence-corrected chi connectivity index (χ2v) is 8.00. The van der Waals surface area contributed by atoms with Gasteiger partial charge in [0.25, 0.3) is 5.91 Å². The Morgan fingerprint density at radius 2 is 2.11 bits per heavy atom. The van der Waals surface area contributed by atoms with Crippen LogP contribution >= 0.6 is 11.3 Å². The molecule has 0 atom stereocenters. The lowest BCUT2D eigenvalue weighted by Gasteiger charge is -2.22. The number of fused-ring (bicyclic) bond motifs is 1. The lowest BCUT2D eigenvalue weighted by Crippen LogP contribution is -2.23. The van der Waals surface area contributed by atoms with E-state index in [0.29, 0.717) is 23.5 Å². The smallest absolute Gasteiger partial charge is 0.252 e. The molecule has 2 N–H and O–H groups in total. The molecule has 1 aliphatic rings. The van der Waals surface area contributed by atoms with Crippen molar-refractivity contribution in [3.8, 4) is 6.07 Å². The molecule has 1 aromatic heterocycles. The number of azo groups is 1. The lowest BCUT2D eigenvalue weighted by molar-refractivity contribution is 0.1000. The first-order valence-electron chi connectivity index (χ1n) is 9.63. The molecule has 0 saturated carbocycles. The molecule has 1 aromatic carbocycles. The number of anilines is 1. The zero-order valence-electron chi connectivity index (χ0n) is 16.4. The molecule has 3 rings (SSSR count). The van der Waals surface area contributed by atoms with E-state index in [1.807, 2.05) is 19.1 Å². The van der Waals surface area contributed by atoms with Crippen molar-refractivity contribution < 1.29 is 4.79 Å². The van der Waals surface area contributed by atoms with Crippen molar-refractivity contribution >= 4 is 33.6 Å². The summed E-state index contributed by atoms with van der Waals surface area (Å²) in [5, 5.41) is 18.2. The summed E-state index contributed by atoms with van der Waals surface area (Å²) in [5.74, 6) is -0.420. The zero-order chi connectivity index (χ0) is 20.1. The van der Waals surface area contributed by atoms with E-state index in [-0.39, 0.29) is 0 Å². The molecule has 1 aliphatic carbocycles. The van der Waals surface area contributed by atoms with Gasteiger partial charge in [-0.25, -0.2) is 0 Å². The van der Waals surface area contributed by atoms with Gasteiger partial charge in [-0.1, -0.05) is 0 Å². The summed E-state index contributed by atoms with van der Waals surface area (Å²) in [5.41, 5.74) is 10.1. The van der Waals surface area contributed by atoms with Crippen LogP contribution in [-0.4, -0.2) is 19.0 Å². The number of thiophene rings is 1. The molecule has 2 aromatic rings. The van der Waals surface area contributed by atoms with Crippen LogP contribution in [0.25, 0.3) is 0 Å². The van der Waals surface area contributed by atoms with Gasteiger partial charge in [-0.05, 0) is 68.9 Å². The minimum absolute atomic E-state index is 0.420. The number of hydrogen-bond acceptors (Lipinski definition) is 6. The Labute approximate surface area is 169 Å². The van der Waals surface area contributed by atoms with Gasteiger partial charge in [-0.15, -0.1) is 21.6 Å². The number of rotatable bonds is 7. The lowest BCUT2D eigenvalue weighted by atomic mass is 9.95. The minimum atomic E-state index is -0.420. The highest BCUT2D eigenvalue weighted by Gasteiger charge is 2.24. The molecule has 0 unspecified atom stereocenters. The largest absolute Gasteiger partial charge is 0.371 e. The van der Waals surface area contributed by atoms with E-state index < -0.39 is 5.91 Å². The summed E-state index contributed by atoms with van der Waals surface area (Å²) in [6, 6.07) is 8.18. The second kappa shape index (κ2) is 8.98. The Morgan fingerprint density at radius 3 is 2.79 bits per heavy atom. The van der Waals surface area contributed by atoms with Crippen LogP contribution in [0.15, 0.2) is 28.4 Å². The third kappa shape index (κ3) is 4.23. The van der Waals surface area contributed by atoms with Gasteiger partial charge >= 0.3 is 0 Å². The predicted molar refractivity (Wildman–Crippen MR) is 113 cm³/mol. The Bertz CT molecular complexity index is 941. The maximum atomic E-state index is 12.0. The summed E-state index contributed by atoms with van der Waals surface area (Å²) < 4.78 is 0. The van der Waals surface area contributed by atoms with Gasteiger partial charge < -0.3 is 10.6 Å². The number of nitrogens with two attached hydrogens (primary N) is 1. The number of primary amides is 1. The number of carbonyl (C=O) groups excluding carboxylic acids is 1. The van der Waals surface area contributed by atoms with E-state index >= 15 is 0 Å². The van der Waals surface area contributed by atoms with Crippen molar-refractivity contribution in [3.05, 3.63) is 39.8 Å². The molecule has 0 bridgehead atoms. The standard InChI is InChI=1S/C21H25N5OS/c1-3-26(12-6-11-22)15-9-10-17(14(2)13-15)24-25-21-19(20(23)27)16-7-4-5-8-18(16)28-21/h9-10,13H,3-8,12H2,1-2H3,(H2,23,27). The number of nitrogens with zero attached hydrogens (tertiary/aromatic N) is 4. The van der Waals surface area contributed by atoms with Crippen molar-refractivity contribution in [1.29, 1.82) is 5.26 Å². The fourth-order valence-corrected chi connectivity index (χ4v) is 4.79. The van der Waals surface area contributed by atoms with E-state index in [2.05, 4.69) is 34.2 Å². The molecule has 0 fully saturated rings. The van der Waals surface area contributed by atoms with Gasteiger partial charge in [-0.3, -0.25) is 4.79 Å². The Balaban J connectivity index is 1.86. The van der Waals surface area contributed by atoms with E-state index in [4.69, 9.17) is 11.0 Å². The van der Waals surface area contributed by atoms with E-state index in [1.165, 1.54) is 16.2 Å². The molecule has 146 valence electrons. The molecule has 0 radical (unpaired) electrons. The minimum Gasteiger partial charge on any atom is -0.371 e. The van der Waals surface area contributed by atoms with E-state index in [0.717, 1.165) is 54.7 Å². The Hall–Kier alpha value is -2.72. The number of benzene rings is 1. The van der Waals surface area contributed by atoms with Crippen LogP contribution in [0.1, 0.15) is 52.5 Å². The first kappa shape index (κ1) is 20.0. The van der Waals surface area contributed by atoms with Gasteiger partial charge in [0.15, 0.2) is 5.00 Å². The van der Waals surface area contributed by atoms with Crippen molar-refractivity contribution in [3.63, 3.8) is 0 Å². The number of nitriles is 1. The van der Waals surface area contributed by atoms with Crippen molar-refractivity contribution in [2.75, 3.05) is 18.0 Å². The molecule has 1 heterocycles. The maximum absolute atomic E-state index is 12.0. The fraction of sp³-hybridized carbons (Fsp3) is 0.429. The number of carbonyl (C=O) groups is 1. The zero-order valence-corrected chi connectivity index (χ0v) is 17.2. The molecule has 7 heteroatoms. The number of hydrogen-bond donors (Lipinski definition) is 1. The predicted octanol–water partition coefficient (Wildman–Crippen LogP) is 5.19. The van der Waals surface area contributed by atoms with Crippen LogP contribution in [-0.2, 0) is 12.8 Å². The molecule has 0 spiro atoms. The Morgan fingerprint density at radius 1 is 1.32 bits per heavy atom. The molecule has 1 amide bonds. The van der Waals surface area contributed by atoms with Gasteiger partial charge in [-0.2, -0.15) is 5.26 Å². The monoisotopic (exact) mass is 395 g/mol. The normalized spacial score (nSPS) is 13.3. The van der Waals surface area contributed by atoms with E-state index in [1.54, 1.807) is 0 Å². The van der Waals surface area contributed by atoms with Gasteiger partial charge in [0, 0.05) is 23.7 Å². The molecule has 0 saturated heterocycles. The van der Waals surface area contributed by atoms with Crippen LogP contribution in [0.3, 0.4) is 0 Å². The fourth-order valence-electron chi connectivity index (χ4n) is 3.58. The summed E-state index contributed by atoms with van der Waals surface area (Å²) in [6.07, 6.45) is 4.60. The average molecular weight is 396 g/mol. The van der Waals surface area contributed by atoms with Gasteiger partial charge in [0.2, 0.25) is 0 Å². The Kier molecular flexibility index (Phi) is 6.42. The third-order valence-electron chi connectivity index (χ3n) is 5.07. The van der Waals surface area contributed by atoms with Crippen molar-refractivity contribution in [1.82, 2.24) is 0 Å². The van der Waals surface area contributed by atoms with Crippen LogP contribution in [0, 0.1) is 18.3 Å². The first-order chi connectivity index (χ1) is 13.5. The second-order valence-electron chi connectivity index (χ2n) is 6.91. The molecule has 6 nitrogen and oxygen atoms in total. The maximum Gasteiger partial charge on any atom is 0.252 e. The van der Waals surface area contributed by atoms with Crippen LogP contribution in [0.5, 0.6) is 0 Å². The molecule has 0 aliphatic heterocycles. The van der Waals surface area contributed by atoms with E-state index in [9.17, 15) is 4.79 Å². The van der Waals surface area contributed by atoms with Crippen LogP contribution in [0.4, 0.5) is 16.4 Å². The average Bonchev–Trinajstić information content (AvgIpc) is 3.06. The topological polar surface area (TPSA) is 94.8 Å². The summed E-state index contributed by atoms with van der Waals surface area (Å²) >= 11 is 1.54. The van der Waals surface area contributed by atoms with Crippen molar-refractivity contribution in [2.45, 2.75) is 46.0 Å². The first-order valence-corrected chi connectivity index (χ1v) is 10.5. The summed E-state index contributed by atoms with van der Waals surface area (Å²) in [7, 11) is 0. The highest BCUT2D eigenvalue weighted by atomic mass is 32.1. The summed E-state index contributed by atoms with van der Waals surface area (Å²) in [4.78, 5) is 15.4. The highest BCUT2D eigenvalue weighted by molar-refractivity contribution is 7.16. The molecular formula is C21H25N5OS. The highest BCUT2D eigenvalue weighted by Crippen LogP contribution is 2.40. The van der Waals surface area contributed by atoms with Gasteiger partial charge in [0.1, 0.15) is 0 Å². The van der Waals surface area contributed by atoms with Gasteiger partial charge in [0.05, 0.1) is 23.7 Å².